The monoisotopic (exact) mass is 381 g/mol. The van der Waals surface area contributed by atoms with Gasteiger partial charge in [-0.1, -0.05) is 13.0 Å². The predicted octanol–water partition coefficient (Wildman–Crippen LogP) is 2.17. The lowest BCUT2D eigenvalue weighted by atomic mass is 9.98. The summed E-state index contributed by atoms with van der Waals surface area (Å²) in [5.74, 6) is -0.731. The van der Waals surface area contributed by atoms with E-state index in [1.807, 2.05) is 6.92 Å². The minimum absolute atomic E-state index is 0. The largest absolute Gasteiger partial charge is 0.317 e. The van der Waals surface area contributed by atoms with E-state index in [1.165, 1.54) is 0 Å². The summed E-state index contributed by atoms with van der Waals surface area (Å²) in [6.07, 6.45) is 1.29. The number of nitrogens with one attached hydrogen (secondary N) is 1. The summed E-state index contributed by atoms with van der Waals surface area (Å²) in [6, 6.07) is 3.07. The quantitative estimate of drug-likeness (QED) is 0.602. The highest BCUT2D eigenvalue weighted by molar-refractivity contribution is 7.89. The second-order valence-corrected chi connectivity index (χ2v) is 7.38. The van der Waals surface area contributed by atoms with Gasteiger partial charge in [0.05, 0.1) is 4.92 Å². The molecular weight excluding hydrogens is 361 g/mol. The maximum Gasteiger partial charge on any atom is 0.292 e. The summed E-state index contributed by atoms with van der Waals surface area (Å²) in [7, 11) is -4.22. The highest BCUT2D eigenvalue weighted by Crippen LogP contribution is 2.31. The first-order valence-electron chi connectivity index (χ1n) is 7.51. The minimum Gasteiger partial charge on any atom is -0.317 e. The van der Waals surface area contributed by atoms with E-state index in [2.05, 4.69) is 5.32 Å². The molecule has 0 aliphatic carbocycles. The van der Waals surface area contributed by atoms with Crippen LogP contribution in [0.2, 0.25) is 0 Å². The molecule has 1 aliphatic heterocycles. The lowest BCUT2D eigenvalue weighted by Crippen LogP contribution is -2.41. The summed E-state index contributed by atoms with van der Waals surface area (Å²) < 4.78 is 40.4. The molecule has 1 saturated heterocycles. The van der Waals surface area contributed by atoms with Crippen LogP contribution in [0.1, 0.15) is 19.8 Å². The number of hydrogen-bond donors (Lipinski definition) is 1. The van der Waals surface area contributed by atoms with Crippen molar-refractivity contribution >= 4 is 28.1 Å². The Bertz CT molecular complexity index is 679. The standard InChI is InChI=1S/C14H20FN3O4S.ClH/c1-2-16-10-11-6-8-17(9-7-11)23(21,22)14-12(15)4-3-5-13(14)18(19)20;/h3-5,11,16H,2,6-10H2,1H3;1H. The zero-order chi connectivity index (χ0) is 17.0. The summed E-state index contributed by atoms with van der Waals surface area (Å²) in [5.41, 5.74) is -0.722. The number of piperidine rings is 1. The Labute approximate surface area is 146 Å². The third kappa shape index (κ3) is 4.41. The summed E-state index contributed by atoms with van der Waals surface area (Å²) >= 11 is 0. The van der Waals surface area contributed by atoms with Crippen molar-refractivity contribution in [3.8, 4) is 0 Å². The van der Waals surface area contributed by atoms with Crippen molar-refractivity contribution in [2.24, 2.45) is 5.92 Å². The zero-order valence-corrected chi connectivity index (χ0v) is 14.9. The number of sulfonamides is 1. The average molecular weight is 382 g/mol. The Morgan fingerprint density at radius 1 is 1.38 bits per heavy atom. The van der Waals surface area contributed by atoms with Gasteiger partial charge in [0.25, 0.3) is 15.7 Å². The van der Waals surface area contributed by atoms with Crippen LogP contribution in [-0.2, 0) is 10.0 Å². The highest BCUT2D eigenvalue weighted by atomic mass is 35.5. The molecule has 24 heavy (non-hydrogen) atoms. The number of benzene rings is 1. The molecule has 7 nitrogen and oxygen atoms in total. The second-order valence-electron chi connectivity index (χ2n) is 5.50. The molecular formula is C14H21ClFN3O4S. The van der Waals surface area contributed by atoms with Crippen LogP contribution >= 0.6 is 12.4 Å². The fraction of sp³-hybridized carbons (Fsp3) is 0.571. The average Bonchev–Trinajstić information content (AvgIpc) is 2.52. The summed E-state index contributed by atoms with van der Waals surface area (Å²) in [5, 5.41) is 14.2. The Kier molecular flexibility index (Phi) is 7.53. The fourth-order valence-corrected chi connectivity index (χ4v) is 4.40. The van der Waals surface area contributed by atoms with E-state index in [9.17, 15) is 22.9 Å². The van der Waals surface area contributed by atoms with E-state index in [0.29, 0.717) is 18.8 Å². The molecule has 0 amide bonds. The lowest BCUT2D eigenvalue weighted by Gasteiger charge is -2.31. The van der Waals surface area contributed by atoms with Gasteiger partial charge in [0, 0.05) is 19.2 Å². The van der Waals surface area contributed by atoms with Crippen molar-refractivity contribution in [1.29, 1.82) is 0 Å². The molecule has 0 unspecified atom stereocenters. The molecule has 0 radical (unpaired) electrons. The van der Waals surface area contributed by atoms with Crippen LogP contribution in [0.4, 0.5) is 10.1 Å². The Balaban J connectivity index is 0.00000288. The van der Waals surface area contributed by atoms with Gasteiger partial charge >= 0.3 is 0 Å². The first kappa shape index (κ1) is 20.8. The second kappa shape index (κ2) is 8.70. The molecule has 1 heterocycles. The van der Waals surface area contributed by atoms with Gasteiger partial charge in [-0.15, -0.1) is 12.4 Å². The van der Waals surface area contributed by atoms with E-state index in [1.54, 1.807) is 0 Å². The van der Waals surface area contributed by atoms with E-state index >= 15 is 0 Å². The van der Waals surface area contributed by atoms with Crippen molar-refractivity contribution in [3.05, 3.63) is 34.1 Å². The first-order valence-corrected chi connectivity index (χ1v) is 8.95. The molecule has 10 heteroatoms. The van der Waals surface area contributed by atoms with Gasteiger partial charge in [-0.3, -0.25) is 10.1 Å². The van der Waals surface area contributed by atoms with E-state index in [-0.39, 0.29) is 25.5 Å². The van der Waals surface area contributed by atoms with Gasteiger partial charge in [0.2, 0.25) is 0 Å². The molecule has 1 fully saturated rings. The molecule has 0 atom stereocenters. The van der Waals surface area contributed by atoms with Crippen LogP contribution in [-0.4, -0.2) is 43.8 Å². The number of nitrogens with zero attached hydrogens (tertiary/aromatic N) is 2. The molecule has 0 bridgehead atoms. The molecule has 0 aromatic heterocycles. The molecule has 136 valence electrons. The Morgan fingerprint density at radius 3 is 2.54 bits per heavy atom. The fourth-order valence-electron chi connectivity index (χ4n) is 2.73. The molecule has 0 spiro atoms. The summed E-state index contributed by atoms with van der Waals surface area (Å²) in [4.78, 5) is 9.32. The summed E-state index contributed by atoms with van der Waals surface area (Å²) in [6.45, 7) is 4.13. The van der Waals surface area contributed by atoms with Gasteiger partial charge < -0.3 is 5.32 Å². The van der Waals surface area contributed by atoms with Crippen LogP contribution < -0.4 is 5.32 Å². The molecule has 1 N–H and O–H groups in total. The van der Waals surface area contributed by atoms with Gasteiger partial charge in [-0.2, -0.15) is 4.31 Å². The highest BCUT2D eigenvalue weighted by Gasteiger charge is 2.36. The third-order valence-corrected chi connectivity index (χ3v) is 5.96. The van der Waals surface area contributed by atoms with E-state index < -0.39 is 31.3 Å². The predicted molar refractivity (Wildman–Crippen MR) is 90.3 cm³/mol. The van der Waals surface area contributed by atoms with Crippen molar-refractivity contribution in [1.82, 2.24) is 9.62 Å². The van der Waals surface area contributed by atoms with Gasteiger partial charge in [0.15, 0.2) is 4.90 Å². The number of nitro groups is 1. The molecule has 0 saturated carbocycles. The molecule has 1 aromatic rings. The smallest absolute Gasteiger partial charge is 0.292 e. The minimum atomic E-state index is -4.22. The zero-order valence-electron chi connectivity index (χ0n) is 13.3. The van der Waals surface area contributed by atoms with Crippen LogP contribution in [0.25, 0.3) is 0 Å². The van der Waals surface area contributed by atoms with Crippen LogP contribution in [0, 0.1) is 21.8 Å². The lowest BCUT2D eigenvalue weighted by molar-refractivity contribution is -0.388. The Morgan fingerprint density at radius 2 is 2.00 bits per heavy atom. The SMILES string of the molecule is CCNCC1CCN(S(=O)(=O)c2c(F)cccc2[N+](=O)[O-])CC1.Cl. The maximum absolute atomic E-state index is 14.0. The van der Waals surface area contributed by atoms with Crippen LogP contribution in [0.3, 0.4) is 0 Å². The van der Waals surface area contributed by atoms with Gasteiger partial charge in [-0.25, -0.2) is 12.8 Å². The first-order chi connectivity index (χ1) is 10.9. The number of hydrogen-bond acceptors (Lipinski definition) is 5. The third-order valence-electron chi connectivity index (χ3n) is 4.00. The van der Waals surface area contributed by atoms with Gasteiger partial charge in [-0.05, 0) is 37.9 Å². The molecule has 1 aliphatic rings. The molecule has 2 rings (SSSR count). The van der Waals surface area contributed by atoms with Crippen LogP contribution in [0.5, 0.6) is 0 Å². The normalized spacial score (nSPS) is 16.6. The Hall–Kier alpha value is -1.29. The van der Waals surface area contributed by atoms with Crippen molar-refractivity contribution in [2.75, 3.05) is 26.2 Å². The van der Waals surface area contributed by atoms with E-state index in [4.69, 9.17) is 0 Å². The number of halogens is 2. The molecule has 1 aromatic carbocycles. The number of rotatable bonds is 6. The number of nitro benzene ring substituents is 1. The van der Waals surface area contributed by atoms with Crippen LogP contribution in [0.15, 0.2) is 23.1 Å². The van der Waals surface area contributed by atoms with Crippen molar-refractivity contribution < 1.29 is 17.7 Å². The van der Waals surface area contributed by atoms with Crippen molar-refractivity contribution in [3.63, 3.8) is 0 Å². The topological polar surface area (TPSA) is 92.6 Å². The van der Waals surface area contributed by atoms with E-state index in [0.717, 1.165) is 35.6 Å². The van der Waals surface area contributed by atoms with Gasteiger partial charge in [0.1, 0.15) is 5.82 Å². The maximum atomic E-state index is 14.0. The van der Waals surface area contributed by atoms with Crippen molar-refractivity contribution in [2.45, 2.75) is 24.7 Å².